The van der Waals surface area contributed by atoms with Crippen LogP contribution in [-0.2, 0) is 11.0 Å². The fraction of sp³-hybridized carbons (Fsp3) is 0.286. The zero-order chi connectivity index (χ0) is 19.2. The Morgan fingerprint density at radius 2 is 1.85 bits per heavy atom. The van der Waals surface area contributed by atoms with Crippen LogP contribution in [0.25, 0.3) is 11.0 Å². The molecule has 1 amide bonds. The molecule has 0 saturated heterocycles. The van der Waals surface area contributed by atoms with Crippen molar-refractivity contribution in [3.63, 3.8) is 0 Å². The molecule has 0 bridgehead atoms. The molecule has 1 aliphatic carbocycles. The van der Waals surface area contributed by atoms with Crippen LogP contribution in [0.2, 0.25) is 0 Å². The van der Waals surface area contributed by atoms with Gasteiger partial charge in [0.1, 0.15) is 11.3 Å². The number of hydrogen-bond donors (Lipinski definition) is 1. The smallest absolute Gasteiger partial charge is 0.416 e. The molecule has 1 aliphatic rings. The van der Waals surface area contributed by atoms with Crippen molar-refractivity contribution < 1.29 is 22.4 Å². The van der Waals surface area contributed by atoms with Gasteiger partial charge in [-0.2, -0.15) is 13.2 Å². The molecule has 27 heavy (non-hydrogen) atoms. The Morgan fingerprint density at radius 1 is 1.15 bits per heavy atom. The molecule has 0 aliphatic heterocycles. The number of furan rings is 1. The summed E-state index contributed by atoms with van der Waals surface area (Å²) >= 11 is 0. The molecule has 3 nitrogen and oxygen atoms in total. The molecule has 140 valence electrons. The number of nitrogens with one attached hydrogen (secondary N) is 1. The first-order valence-corrected chi connectivity index (χ1v) is 8.79. The van der Waals surface area contributed by atoms with Gasteiger partial charge >= 0.3 is 6.18 Å². The highest BCUT2D eigenvalue weighted by Gasteiger charge is 2.44. The van der Waals surface area contributed by atoms with E-state index in [2.05, 4.69) is 5.32 Å². The first-order valence-electron chi connectivity index (χ1n) is 8.79. The first kappa shape index (κ1) is 17.6. The van der Waals surface area contributed by atoms with Crippen molar-refractivity contribution in [1.29, 1.82) is 0 Å². The lowest BCUT2D eigenvalue weighted by Gasteiger charge is -2.11. The molecular weight excluding hydrogens is 355 g/mol. The average molecular weight is 373 g/mol. The molecule has 3 aromatic rings. The molecule has 1 N–H and O–H groups in total. The molecule has 0 radical (unpaired) electrons. The van der Waals surface area contributed by atoms with Gasteiger partial charge in [-0.05, 0) is 49.1 Å². The van der Waals surface area contributed by atoms with Crippen molar-refractivity contribution in [1.82, 2.24) is 5.32 Å². The largest absolute Gasteiger partial charge is 0.459 e. The third kappa shape index (κ3) is 3.56. The summed E-state index contributed by atoms with van der Waals surface area (Å²) in [6.07, 6.45) is -3.70. The standard InChI is InChI=1S/C21H18F3NO2/c1-12(19-10-14-4-2-3-5-18(14)27-19)25-20(26)17-11-16(17)13-6-8-15(9-7-13)21(22,23)24/h2-10,12,16-17H,11H2,1H3,(H,25,26). The third-order valence-corrected chi connectivity index (χ3v) is 5.02. The lowest BCUT2D eigenvalue weighted by atomic mass is 10.1. The van der Waals surface area contributed by atoms with Gasteiger partial charge in [-0.1, -0.05) is 30.3 Å². The number of benzene rings is 2. The van der Waals surface area contributed by atoms with E-state index in [9.17, 15) is 18.0 Å². The van der Waals surface area contributed by atoms with Crippen LogP contribution < -0.4 is 5.32 Å². The maximum atomic E-state index is 12.6. The predicted molar refractivity (Wildman–Crippen MR) is 95.1 cm³/mol. The number of amides is 1. The average Bonchev–Trinajstić information content (AvgIpc) is 3.32. The van der Waals surface area contributed by atoms with E-state index in [1.54, 1.807) is 0 Å². The molecule has 1 saturated carbocycles. The molecule has 1 heterocycles. The predicted octanol–water partition coefficient (Wildman–Crippen LogP) is 5.43. The molecule has 1 aromatic heterocycles. The highest BCUT2D eigenvalue weighted by molar-refractivity contribution is 5.83. The lowest BCUT2D eigenvalue weighted by molar-refractivity contribution is -0.137. The van der Waals surface area contributed by atoms with Gasteiger partial charge in [-0.25, -0.2) is 0 Å². The van der Waals surface area contributed by atoms with Crippen molar-refractivity contribution in [3.8, 4) is 0 Å². The minimum absolute atomic E-state index is 0.0323. The van der Waals surface area contributed by atoms with Crippen LogP contribution in [-0.4, -0.2) is 5.91 Å². The summed E-state index contributed by atoms with van der Waals surface area (Å²) in [5, 5.41) is 3.92. The second-order valence-electron chi connectivity index (χ2n) is 6.99. The molecule has 4 rings (SSSR count). The van der Waals surface area contributed by atoms with E-state index in [0.29, 0.717) is 12.2 Å². The summed E-state index contributed by atoms with van der Waals surface area (Å²) in [6.45, 7) is 1.85. The van der Waals surface area contributed by atoms with E-state index in [1.165, 1.54) is 12.1 Å². The number of hydrogen-bond acceptors (Lipinski definition) is 2. The quantitative estimate of drug-likeness (QED) is 0.662. The van der Waals surface area contributed by atoms with Crippen LogP contribution in [0.4, 0.5) is 13.2 Å². The van der Waals surface area contributed by atoms with E-state index < -0.39 is 11.7 Å². The number of alkyl halides is 3. The van der Waals surface area contributed by atoms with E-state index in [1.807, 2.05) is 37.3 Å². The maximum absolute atomic E-state index is 12.6. The molecule has 3 unspecified atom stereocenters. The molecule has 6 heteroatoms. The molecular formula is C21H18F3NO2. The SMILES string of the molecule is CC(NC(=O)C1CC1c1ccc(C(F)(F)F)cc1)c1cc2ccccc2o1. The van der Waals surface area contributed by atoms with Crippen molar-refractivity contribution in [3.05, 3.63) is 71.5 Å². The Balaban J connectivity index is 1.39. The van der Waals surface area contributed by atoms with Gasteiger partial charge < -0.3 is 9.73 Å². The third-order valence-electron chi connectivity index (χ3n) is 5.02. The Hall–Kier alpha value is -2.76. The van der Waals surface area contributed by atoms with Crippen LogP contribution in [0.3, 0.4) is 0 Å². The number of carbonyl (C=O) groups excluding carboxylic acids is 1. The number of rotatable bonds is 4. The lowest BCUT2D eigenvalue weighted by Crippen LogP contribution is -2.28. The molecule has 2 aromatic carbocycles. The molecule has 0 spiro atoms. The minimum Gasteiger partial charge on any atom is -0.459 e. The summed E-state index contributed by atoms with van der Waals surface area (Å²) < 4.78 is 43.7. The van der Waals surface area contributed by atoms with Crippen LogP contribution in [0.15, 0.2) is 59.0 Å². The fourth-order valence-corrected chi connectivity index (χ4v) is 3.38. The van der Waals surface area contributed by atoms with Crippen LogP contribution >= 0.6 is 0 Å². The van der Waals surface area contributed by atoms with Crippen molar-refractivity contribution in [2.24, 2.45) is 5.92 Å². The Labute approximate surface area is 154 Å². The van der Waals surface area contributed by atoms with Crippen molar-refractivity contribution in [2.45, 2.75) is 31.5 Å². The zero-order valence-electron chi connectivity index (χ0n) is 14.6. The second-order valence-corrected chi connectivity index (χ2v) is 6.99. The summed E-state index contributed by atoms with van der Waals surface area (Å²) in [5.41, 5.74) is 0.855. The topological polar surface area (TPSA) is 42.2 Å². The van der Waals surface area contributed by atoms with E-state index in [4.69, 9.17) is 4.42 Å². The monoisotopic (exact) mass is 373 g/mol. The Bertz CT molecular complexity index is 942. The van der Waals surface area contributed by atoms with Crippen LogP contribution in [0.5, 0.6) is 0 Å². The van der Waals surface area contributed by atoms with Gasteiger partial charge in [-0.15, -0.1) is 0 Å². The van der Waals surface area contributed by atoms with E-state index in [0.717, 1.165) is 28.7 Å². The van der Waals surface area contributed by atoms with Gasteiger partial charge in [0.25, 0.3) is 0 Å². The number of halogens is 3. The fourth-order valence-electron chi connectivity index (χ4n) is 3.38. The Kier molecular flexibility index (Phi) is 4.21. The summed E-state index contributed by atoms with van der Waals surface area (Å²) in [5.74, 6) is 0.327. The summed E-state index contributed by atoms with van der Waals surface area (Å²) in [7, 11) is 0. The van der Waals surface area contributed by atoms with Crippen LogP contribution in [0.1, 0.15) is 42.2 Å². The second kappa shape index (κ2) is 6.44. The van der Waals surface area contributed by atoms with Crippen molar-refractivity contribution >= 4 is 16.9 Å². The summed E-state index contributed by atoms with van der Waals surface area (Å²) in [6, 6.07) is 14.3. The number of fused-ring (bicyclic) bond motifs is 1. The molecule has 3 atom stereocenters. The van der Waals surface area contributed by atoms with E-state index >= 15 is 0 Å². The van der Waals surface area contributed by atoms with Gasteiger partial charge in [0.2, 0.25) is 5.91 Å². The highest BCUT2D eigenvalue weighted by atomic mass is 19.4. The zero-order valence-corrected chi connectivity index (χ0v) is 14.6. The number of para-hydroxylation sites is 1. The van der Waals surface area contributed by atoms with Gasteiger partial charge in [0, 0.05) is 11.3 Å². The maximum Gasteiger partial charge on any atom is 0.416 e. The normalized spacial score (nSPS) is 20.4. The van der Waals surface area contributed by atoms with Gasteiger partial charge in [-0.3, -0.25) is 4.79 Å². The Morgan fingerprint density at radius 3 is 2.52 bits per heavy atom. The van der Waals surface area contributed by atoms with Gasteiger partial charge in [0.05, 0.1) is 11.6 Å². The van der Waals surface area contributed by atoms with Gasteiger partial charge in [0.15, 0.2) is 0 Å². The molecule has 1 fully saturated rings. The highest BCUT2D eigenvalue weighted by Crippen LogP contribution is 2.48. The van der Waals surface area contributed by atoms with E-state index in [-0.39, 0.29) is 23.8 Å². The van der Waals surface area contributed by atoms with Crippen molar-refractivity contribution in [2.75, 3.05) is 0 Å². The minimum atomic E-state index is -4.35. The first-order chi connectivity index (χ1) is 12.8. The number of carbonyl (C=O) groups is 1. The van der Waals surface area contributed by atoms with Crippen LogP contribution in [0, 0.1) is 5.92 Å². The summed E-state index contributed by atoms with van der Waals surface area (Å²) in [4.78, 5) is 12.5.